The van der Waals surface area contributed by atoms with E-state index in [1.807, 2.05) is 0 Å². The summed E-state index contributed by atoms with van der Waals surface area (Å²) in [6.45, 7) is 0.864. The second kappa shape index (κ2) is 6.36. The molecule has 96 valence electrons. The quantitative estimate of drug-likeness (QED) is 0.448. The van der Waals surface area contributed by atoms with Gasteiger partial charge in [-0.3, -0.25) is 0 Å². The minimum absolute atomic E-state index is 0.0411. The maximum Gasteiger partial charge on any atom is 0.261 e. The molecule has 17 heavy (non-hydrogen) atoms. The Labute approximate surface area is 96.2 Å². The van der Waals surface area contributed by atoms with E-state index in [0.717, 1.165) is 0 Å². The van der Waals surface area contributed by atoms with Gasteiger partial charge in [0.1, 0.15) is 12.4 Å². The molecule has 1 aromatic rings. The topological polar surface area (TPSA) is 73.1 Å². The molecule has 1 aromatic heterocycles. The van der Waals surface area contributed by atoms with E-state index in [-0.39, 0.29) is 30.4 Å². The molecule has 1 heterocycles. The fraction of sp³-hybridized carbons (Fsp3) is 0.556. The van der Waals surface area contributed by atoms with Crippen molar-refractivity contribution in [3.63, 3.8) is 0 Å². The van der Waals surface area contributed by atoms with E-state index in [2.05, 4.69) is 20.1 Å². The highest BCUT2D eigenvalue weighted by Crippen LogP contribution is 2.12. The van der Waals surface area contributed by atoms with Crippen molar-refractivity contribution in [3.05, 3.63) is 17.3 Å². The smallest absolute Gasteiger partial charge is 0.261 e. The average molecular weight is 250 g/mol. The summed E-state index contributed by atoms with van der Waals surface area (Å²) >= 11 is 0. The Morgan fingerprint density at radius 1 is 1.41 bits per heavy atom. The molecule has 0 amide bonds. The predicted molar refractivity (Wildman–Crippen MR) is 55.1 cm³/mol. The number of nitrogens with one attached hydrogen (secondary N) is 1. The van der Waals surface area contributed by atoms with E-state index in [1.54, 1.807) is 0 Å². The van der Waals surface area contributed by atoms with Crippen molar-refractivity contribution in [2.75, 3.05) is 18.6 Å². The van der Waals surface area contributed by atoms with Crippen LogP contribution in [0.4, 0.5) is 19.0 Å². The second-order valence-corrected chi connectivity index (χ2v) is 3.25. The van der Waals surface area contributed by atoms with Crippen LogP contribution in [0, 0.1) is 12.7 Å². The Morgan fingerprint density at radius 2 is 2.12 bits per heavy atom. The summed E-state index contributed by atoms with van der Waals surface area (Å²) in [6, 6.07) is 0. The maximum absolute atomic E-state index is 13.3. The van der Waals surface area contributed by atoms with Gasteiger partial charge in [0.25, 0.3) is 6.43 Å². The molecular formula is C9H13F3N4O. The molecule has 0 aliphatic rings. The summed E-state index contributed by atoms with van der Waals surface area (Å²) in [5.41, 5.74) is 2.23. The number of hydrogen-bond acceptors (Lipinski definition) is 5. The van der Waals surface area contributed by atoms with Crippen molar-refractivity contribution in [1.82, 2.24) is 9.97 Å². The lowest BCUT2D eigenvalue weighted by Crippen LogP contribution is -2.15. The zero-order valence-corrected chi connectivity index (χ0v) is 9.21. The van der Waals surface area contributed by atoms with Gasteiger partial charge >= 0.3 is 0 Å². The third-order valence-corrected chi connectivity index (χ3v) is 1.91. The number of anilines is 1. The summed E-state index contributed by atoms with van der Waals surface area (Å²) in [5.74, 6) is 4.60. The number of nitrogens with zero attached hydrogens (tertiary/aromatic N) is 2. The van der Waals surface area contributed by atoms with E-state index >= 15 is 0 Å². The highest BCUT2D eigenvalue weighted by Gasteiger charge is 2.10. The molecule has 3 N–H and O–H groups in total. The summed E-state index contributed by atoms with van der Waals surface area (Å²) in [7, 11) is 0. The van der Waals surface area contributed by atoms with Crippen molar-refractivity contribution in [3.8, 4) is 0 Å². The van der Waals surface area contributed by atoms with Crippen molar-refractivity contribution in [2.45, 2.75) is 19.8 Å². The van der Waals surface area contributed by atoms with Crippen molar-refractivity contribution >= 4 is 5.82 Å². The van der Waals surface area contributed by atoms with E-state index in [1.165, 1.54) is 6.92 Å². The third kappa shape index (κ3) is 4.16. The Hall–Kier alpha value is -1.41. The molecule has 0 atom stereocenters. The normalized spacial score (nSPS) is 10.9. The van der Waals surface area contributed by atoms with Crippen LogP contribution in [0.15, 0.2) is 0 Å². The SMILES string of the molecule is Cc1nc(CCOCC(F)F)nc(NN)c1F. The predicted octanol–water partition coefficient (Wildman–Crippen LogP) is 1.03. The Bertz CT molecular complexity index is 376. The zero-order valence-electron chi connectivity index (χ0n) is 9.21. The average Bonchev–Trinajstić information content (AvgIpc) is 2.28. The molecule has 5 nitrogen and oxygen atoms in total. The number of nitrogen functional groups attached to an aromatic ring is 1. The van der Waals surface area contributed by atoms with Crippen LogP contribution >= 0.6 is 0 Å². The monoisotopic (exact) mass is 250 g/mol. The van der Waals surface area contributed by atoms with Gasteiger partial charge in [-0.1, -0.05) is 0 Å². The van der Waals surface area contributed by atoms with Gasteiger partial charge < -0.3 is 10.2 Å². The highest BCUT2D eigenvalue weighted by molar-refractivity contribution is 5.36. The number of hydrazine groups is 1. The van der Waals surface area contributed by atoms with Crippen LogP contribution in [0.3, 0.4) is 0 Å². The van der Waals surface area contributed by atoms with Crippen molar-refractivity contribution in [2.24, 2.45) is 5.84 Å². The van der Waals surface area contributed by atoms with Crippen LogP contribution in [0.2, 0.25) is 0 Å². The number of ether oxygens (including phenoxy) is 1. The number of halogens is 3. The first-order valence-electron chi connectivity index (χ1n) is 4.90. The van der Waals surface area contributed by atoms with Crippen LogP contribution in [-0.4, -0.2) is 29.6 Å². The molecule has 0 fully saturated rings. The molecule has 0 spiro atoms. The standard InChI is InChI=1S/C9H13F3N4O/c1-5-8(12)9(16-13)15-7(14-5)2-3-17-4-6(10)11/h6H,2-4,13H2,1H3,(H,14,15,16). The van der Waals surface area contributed by atoms with E-state index in [9.17, 15) is 13.2 Å². The number of alkyl halides is 2. The fourth-order valence-electron chi connectivity index (χ4n) is 1.16. The van der Waals surface area contributed by atoms with Crippen molar-refractivity contribution in [1.29, 1.82) is 0 Å². The third-order valence-electron chi connectivity index (χ3n) is 1.91. The first kappa shape index (κ1) is 13.7. The van der Waals surface area contributed by atoms with Gasteiger partial charge in [-0.05, 0) is 6.92 Å². The Kier molecular flexibility index (Phi) is 5.11. The van der Waals surface area contributed by atoms with Gasteiger partial charge in [0, 0.05) is 6.42 Å². The number of nitrogens with two attached hydrogens (primary N) is 1. The van der Waals surface area contributed by atoms with Gasteiger partial charge in [0.15, 0.2) is 11.6 Å². The Morgan fingerprint density at radius 3 is 2.71 bits per heavy atom. The van der Waals surface area contributed by atoms with Crippen molar-refractivity contribution < 1.29 is 17.9 Å². The molecule has 0 aliphatic carbocycles. The molecule has 1 rings (SSSR count). The lowest BCUT2D eigenvalue weighted by molar-refractivity contribution is 0.0182. The molecule has 8 heteroatoms. The fourth-order valence-corrected chi connectivity index (χ4v) is 1.16. The molecular weight excluding hydrogens is 237 g/mol. The lowest BCUT2D eigenvalue weighted by Gasteiger charge is -2.07. The molecule has 0 aliphatic heterocycles. The van der Waals surface area contributed by atoms with E-state index in [0.29, 0.717) is 0 Å². The zero-order chi connectivity index (χ0) is 12.8. The molecule has 0 unspecified atom stereocenters. The minimum atomic E-state index is -2.51. The van der Waals surface area contributed by atoms with Crippen LogP contribution in [-0.2, 0) is 11.2 Å². The molecule has 0 bridgehead atoms. The van der Waals surface area contributed by atoms with Crippen LogP contribution in [0.5, 0.6) is 0 Å². The van der Waals surface area contributed by atoms with Crippen LogP contribution < -0.4 is 11.3 Å². The highest BCUT2D eigenvalue weighted by atomic mass is 19.3. The number of aromatic nitrogens is 2. The number of aryl methyl sites for hydroxylation is 1. The minimum Gasteiger partial charge on any atom is -0.375 e. The first-order valence-corrected chi connectivity index (χ1v) is 4.90. The van der Waals surface area contributed by atoms with Gasteiger partial charge in [-0.25, -0.2) is 29.0 Å². The summed E-state index contributed by atoms with van der Waals surface area (Å²) < 4.78 is 41.5. The van der Waals surface area contributed by atoms with Gasteiger partial charge in [0.2, 0.25) is 0 Å². The van der Waals surface area contributed by atoms with Gasteiger partial charge in [0.05, 0.1) is 12.3 Å². The Balaban J connectivity index is 2.57. The molecule has 0 saturated heterocycles. The maximum atomic E-state index is 13.3. The van der Waals surface area contributed by atoms with Gasteiger partial charge in [-0.15, -0.1) is 0 Å². The molecule has 0 aromatic carbocycles. The molecule has 0 radical (unpaired) electrons. The number of hydrogen-bond donors (Lipinski definition) is 2. The lowest BCUT2D eigenvalue weighted by atomic mass is 10.3. The molecule has 0 saturated carbocycles. The van der Waals surface area contributed by atoms with Crippen LogP contribution in [0.25, 0.3) is 0 Å². The van der Waals surface area contributed by atoms with E-state index in [4.69, 9.17) is 5.84 Å². The van der Waals surface area contributed by atoms with Gasteiger partial charge in [-0.2, -0.15) is 0 Å². The number of rotatable bonds is 6. The summed E-state index contributed by atoms with van der Waals surface area (Å²) in [5, 5.41) is 0. The van der Waals surface area contributed by atoms with Crippen LogP contribution in [0.1, 0.15) is 11.5 Å². The second-order valence-electron chi connectivity index (χ2n) is 3.25. The van der Waals surface area contributed by atoms with E-state index < -0.39 is 18.8 Å². The first-order chi connectivity index (χ1) is 8.04. The summed E-state index contributed by atoms with van der Waals surface area (Å²) in [6.07, 6.45) is -2.30. The summed E-state index contributed by atoms with van der Waals surface area (Å²) in [4.78, 5) is 7.63. The largest absolute Gasteiger partial charge is 0.375 e.